The van der Waals surface area contributed by atoms with Crippen LogP contribution in [-0.4, -0.2) is 18.7 Å². The summed E-state index contributed by atoms with van der Waals surface area (Å²) in [6.45, 7) is 5.29. The molecule has 2 rings (SSSR count). The van der Waals surface area contributed by atoms with E-state index < -0.39 is 0 Å². The van der Waals surface area contributed by atoms with Crippen LogP contribution in [0.3, 0.4) is 0 Å². The van der Waals surface area contributed by atoms with Crippen LogP contribution in [0.1, 0.15) is 51.2 Å². The molecule has 1 aromatic carbocycles. The SMILES string of the molecule is CCCC(C)OC(CNC1CC1)c1cccc(Br)c1. The average molecular weight is 326 g/mol. The number of ether oxygens (including phenoxy) is 1. The van der Waals surface area contributed by atoms with Gasteiger partial charge in [-0.2, -0.15) is 0 Å². The number of hydrogen-bond donors (Lipinski definition) is 1. The topological polar surface area (TPSA) is 21.3 Å². The number of halogens is 1. The van der Waals surface area contributed by atoms with Gasteiger partial charge in [-0.3, -0.25) is 0 Å². The maximum absolute atomic E-state index is 6.23. The first kappa shape index (κ1) is 15.0. The van der Waals surface area contributed by atoms with Crippen molar-refractivity contribution in [1.82, 2.24) is 5.32 Å². The Kier molecular flexibility index (Phi) is 5.86. The summed E-state index contributed by atoms with van der Waals surface area (Å²) in [7, 11) is 0. The number of benzene rings is 1. The second-order valence-corrected chi connectivity index (χ2v) is 6.38. The Labute approximate surface area is 125 Å². The van der Waals surface area contributed by atoms with Crippen molar-refractivity contribution in [3.8, 4) is 0 Å². The van der Waals surface area contributed by atoms with E-state index in [0.717, 1.165) is 23.5 Å². The van der Waals surface area contributed by atoms with Crippen molar-refractivity contribution in [2.24, 2.45) is 0 Å². The van der Waals surface area contributed by atoms with E-state index in [4.69, 9.17) is 4.74 Å². The molecule has 0 spiro atoms. The van der Waals surface area contributed by atoms with Gasteiger partial charge in [0.25, 0.3) is 0 Å². The predicted octanol–water partition coefficient (Wildman–Crippen LogP) is 4.45. The third kappa shape index (κ3) is 5.25. The first-order chi connectivity index (χ1) is 9.19. The van der Waals surface area contributed by atoms with Gasteiger partial charge >= 0.3 is 0 Å². The highest BCUT2D eigenvalue weighted by Gasteiger charge is 2.23. The maximum Gasteiger partial charge on any atom is 0.0953 e. The zero-order valence-electron chi connectivity index (χ0n) is 11.9. The van der Waals surface area contributed by atoms with E-state index in [-0.39, 0.29) is 6.10 Å². The Morgan fingerprint density at radius 3 is 2.84 bits per heavy atom. The van der Waals surface area contributed by atoms with Gasteiger partial charge < -0.3 is 10.1 Å². The van der Waals surface area contributed by atoms with E-state index in [9.17, 15) is 0 Å². The molecule has 3 heteroatoms. The molecule has 0 radical (unpaired) electrons. The molecule has 0 heterocycles. The highest BCUT2D eigenvalue weighted by molar-refractivity contribution is 9.10. The lowest BCUT2D eigenvalue weighted by atomic mass is 10.1. The fourth-order valence-corrected chi connectivity index (χ4v) is 2.68. The first-order valence-corrected chi connectivity index (χ1v) is 8.12. The Bertz CT molecular complexity index is 392. The van der Waals surface area contributed by atoms with Crippen molar-refractivity contribution in [1.29, 1.82) is 0 Å². The molecule has 0 aromatic heterocycles. The van der Waals surface area contributed by atoms with Crippen molar-refractivity contribution in [3.05, 3.63) is 34.3 Å². The van der Waals surface area contributed by atoms with Crippen molar-refractivity contribution >= 4 is 15.9 Å². The Morgan fingerprint density at radius 1 is 1.42 bits per heavy atom. The minimum Gasteiger partial charge on any atom is -0.369 e. The van der Waals surface area contributed by atoms with Gasteiger partial charge in [-0.05, 0) is 43.9 Å². The fourth-order valence-electron chi connectivity index (χ4n) is 2.27. The average Bonchev–Trinajstić information content (AvgIpc) is 3.18. The number of rotatable bonds is 8. The van der Waals surface area contributed by atoms with Crippen LogP contribution in [0.25, 0.3) is 0 Å². The van der Waals surface area contributed by atoms with E-state index in [1.165, 1.54) is 24.8 Å². The van der Waals surface area contributed by atoms with Crippen molar-refractivity contribution in [2.45, 2.75) is 57.8 Å². The minimum absolute atomic E-state index is 0.152. The Hall–Kier alpha value is -0.380. The second kappa shape index (κ2) is 7.41. The smallest absolute Gasteiger partial charge is 0.0953 e. The van der Waals surface area contributed by atoms with Crippen LogP contribution >= 0.6 is 15.9 Å². The van der Waals surface area contributed by atoms with Gasteiger partial charge in [0.1, 0.15) is 0 Å². The third-order valence-corrected chi connectivity index (χ3v) is 3.97. The molecule has 0 aliphatic heterocycles. The largest absolute Gasteiger partial charge is 0.369 e. The molecule has 2 unspecified atom stereocenters. The van der Waals surface area contributed by atoms with Crippen LogP contribution in [0.4, 0.5) is 0 Å². The second-order valence-electron chi connectivity index (χ2n) is 5.46. The fraction of sp³-hybridized carbons (Fsp3) is 0.625. The molecule has 0 bridgehead atoms. The van der Waals surface area contributed by atoms with Gasteiger partial charge in [-0.15, -0.1) is 0 Å². The molecule has 1 N–H and O–H groups in total. The molecule has 2 atom stereocenters. The van der Waals surface area contributed by atoms with Crippen molar-refractivity contribution in [2.75, 3.05) is 6.54 Å². The molecule has 1 saturated carbocycles. The van der Waals surface area contributed by atoms with Gasteiger partial charge in [0.2, 0.25) is 0 Å². The van der Waals surface area contributed by atoms with Crippen LogP contribution in [-0.2, 0) is 4.74 Å². The lowest BCUT2D eigenvalue weighted by molar-refractivity contribution is -0.00743. The van der Waals surface area contributed by atoms with E-state index in [0.29, 0.717) is 6.10 Å². The summed E-state index contributed by atoms with van der Waals surface area (Å²) in [6, 6.07) is 9.18. The summed E-state index contributed by atoms with van der Waals surface area (Å²) in [5.41, 5.74) is 1.26. The zero-order chi connectivity index (χ0) is 13.7. The number of nitrogens with one attached hydrogen (secondary N) is 1. The van der Waals surface area contributed by atoms with Gasteiger partial charge in [0.15, 0.2) is 0 Å². The van der Waals surface area contributed by atoms with Gasteiger partial charge in [0.05, 0.1) is 12.2 Å². The molecular formula is C16H24BrNO. The highest BCUT2D eigenvalue weighted by Crippen LogP contribution is 2.25. The lowest BCUT2D eigenvalue weighted by Gasteiger charge is -2.23. The van der Waals surface area contributed by atoms with E-state index >= 15 is 0 Å². The van der Waals surface area contributed by atoms with Crippen LogP contribution in [0.2, 0.25) is 0 Å². The molecule has 19 heavy (non-hydrogen) atoms. The van der Waals surface area contributed by atoms with E-state index in [1.807, 2.05) is 0 Å². The summed E-state index contributed by atoms with van der Waals surface area (Å²) in [5.74, 6) is 0. The van der Waals surface area contributed by atoms with Crippen LogP contribution in [0.5, 0.6) is 0 Å². The van der Waals surface area contributed by atoms with Crippen LogP contribution in [0, 0.1) is 0 Å². The maximum atomic E-state index is 6.23. The van der Waals surface area contributed by atoms with Gasteiger partial charge in [0, 0.05) is 17.1 Å². The molecular weight excluding hydrogens is 302 g/mol. The van der Waals surface area contributed by atoms with Crippen molar-refractivity contribution in [3.63, 3.8) is 0 Å². The normalized spacial score (nSPS) is 18.3. The molecule has 2 nitrogen and oxygen atoms in total. The first-order valence-electron chi connectivity index (χ1n) is 7.33. The summed E-state index contributed by atoms with van der Waals surface area (Å²) in [6.07, 6.45) is 5.39. The molecule has 1 aromatic rings. The van der Waals surface area contributed by atoms with Crippen LogP contribution < -0.4 is 5.32 Å². The molecule has 1 aliphatic rings. The van der Waals surface area contributed by atoms with Crippen molar-refractivity contribution < 1.29 is 4.74 Å². The molecule has 0 amide bonds. The molecule has 106 valence electrons. The highest BCUT2D eigenvalue weighted by atomic mass is 79.9. The summed E-state index contributed by atoms with van der Waals surface area (Å²) in [4.78, 5) is 0. The molecule has 1 aliphatic carbocycles. The van der Waals surface area contributed by atoms with Gasteiger partial charge in [-0.25, -0.2) is 0 Å². The monoisotopic (exact) mass is 325 g/mol. The minimum atomic E-state index is 0.152. The Morgan fingerprint density at radius 2 is 2.21 bits per heavy atom. The summed E-state index contributed by atoms with van der Waals surface area (Å²) < 4.78 is 7.35. The van der Waals surface area contributed by atoms with E-state index in [2.05, 4.69) is 59.4 Å². The van der Waals surface area contributed by atoms with E-state index in [1.54, 1.807) is 0 Å². The zero-order valence-corrected chi connectivity index (χ0v) is 13.4. The Balaban J connectivity index is 1.99. The lowest BCUT2D eigenvalue weighted by Crippen LogP contribution is -2.27. The van der Waals surface area contributed by atoms with Crippen LogP contribution in [0.15, 0.2) is 28.7 Å². The molecule has 1 fully saturated rings. The quantitative estimate of drug-likeness (QED) is 0.762. The third-order valence-electron chi connectivity index (χ3n) is 3.48. The standard InChI is InChI=1S/C16H24BrNO/c1-3-5-12(2)19-16(11-18-15-8-9-15)13-6-4-7-14(17)10-13/h4,6-7,10,12,15-16,18H,3,5,8-9,11H2,1-2H3. The summed E-state index contributed by atoms with van der Waals surface area (Å²) >= 11 is 3.54. The number of hydrogen-bond acceptors (Lipinski definition) is 2. The molecule has 0 saturated heterocycles. The predicted molar refractivity (Wildman–Crippen MR) is 83.4 cm³/mol. The summed E-state index contributed by atoms with van der Waals surface area (Å²) in [5, 5.41) is 3.58. The van der Waals surface area contributed by atoms with Gasteiger partial charge in [-0.1, -0.05) is 41.4 Å².